The molecule has 0 radical (unpaired) electrons. The number of aliphatic hydroxyl groups excluding tert-OH is 3. The lowest BCUT2D eigenvalue weighted by molar-refractivity contribution is -0.164. The average molecular weight is 569 g/mol. The molecule has 7 heteroatoms. The van der Waals surface area contributed by atoms with Gasteiger partial charge in [-0.1, -0.05) is 68.7 Å². The van der Waals surface area contributed by atoms with Crippen LogP contribution in [0.15, 0.2) is 48.5 Å². The Hall–Kier alpha value is -2.45. The molecule has 0 aromatic heterocycles. The molecule has 41 heavy (non-hydrogen) atoms. The van der Waals surface area contributed by atoms with Crippen LogP contribution in [0.1, 0.15) is 81.9 Å². The van der Waals surface area contributed by atoms with Crippen LogP contribution < -0.4 is 4.74 Å². The maximum atomic E-state index is 12.2. The summed E-state index contributed by atoms with van der Waals surface area (Å²) in [6.07, 6.45) is 6.07. The van der Waals surface area contributed by atoms with Gasteiger partial charge in [0, 0.05) is 0 Å². The van der Waals surface area contributed by atoms with Crippen molar-refractivity contribution in [2.24, 2.45) is 17.8 Å². The highest BCUT2D eigenvalue weighted by Crippen LogP contribution is 2.48. The number of hydrogen-bond acceptors (Lipinski definition) is 7. The number of benzene rings is 2. The number of ether oxygens (including phenoxy) is 3. The summed E-state index contributed by atoms with van der Waals surface area (Å²) in [6.45, 7) is 4.06. The van der Waals surface area contributed by atoms with Crippen LogP contribution in [0.4, 0.5) is 0 Å². The van der Waals surface area contributed by atoms with Crippen molar-refractivity contribution < 1.29 is 34.3 Å². The summed E-state index contributed by atoms with van der Waals surface area (Å²) in [5.74, 6) is 1.36. The van der Waals surface area contributed by atoms with E-state index in [2.05, 4.69) is 13.0 Å². The van der Waals surface area contributed by atoms with Crippen LogP contribution >= 0.6 is 0 Å². The van der Waals surface area contributed by atoms with E-state index in [4.69, 9.17) is 14.2 Å². The van der Waals surface area contributed by atoms with Gasteiger partial charge in [0.25, 0.3) is 0 Å². The van der Waals surface area contributed by atoms with E-state index in [1.54, 1.807) is 6.92 Å². The molecule has 3 N–H and O–H groups in total. The molecule has 4 rings (SSSR count). The molecule has 0 bridgehead atoms. The van der Waals surface area contributed by atoms with Gasteiger partial charge in [-0.2, -0.15) is 0 Å². The lowest BCUT2D eigenvalue weighted by atomic mass is 9.73. The van der Waals surface area contributed by atoms with Crippen molar-refractivity contribution in [1.29, 1.82) is 0 Å². The second-order valence-corrected chi connectivity index (χ2v) is 12.0. The summed E-state index contributed by atoms with van der Waals surface area (Å²) in [6, 6.07) is 15.5. The molecule has 1 fully saturated rings. The van der Waals surface area contributed by atoms with Crippen LogP contribution in [0, 0.1) is 17.8 Å². The van der Waals surface area contributed by atoms with Crippen molar-refractivity contribution in [2.45, 2.75) is 109 Å². The zero-order valence-electron chi connectivity index (χ0n) is 24.6. The van der Waals surface area contributed by atoms with Crippen molar-refractivity contribution in [3.05, 3.63) is 65.2 Å². The molecule has 2 aliphatic rings. The number of esters is 1. The van der Waals surface area contributed by atoms with Crippen molar-refractivity contribution in [3.8, 4) is 5.75 Å². The van der Waals surface area contributed by atoms with E-state index >= 15 is 0 Å². The molecular weight excluding hydrogens is 520 g/mol. The first kappa shape index (κ1) is 31.5. The Bertz CT molecular complexity index is 1070. The number of aliphatic hydroxyl groups is 3. The molecule has 226 valence electrons. The first-order chi connectivity index (χ1) is 19.8. The number of unbranched alkanes of at least 4 members (excludes halogenated alkanes) is 2. The van der Waals surface area contributed by atoms with Gasteiger partial charge in [0.15, 0.2) is 6.29 Å². The fourth-order valence-electron chi connectivity index (χ4n) is 6.65. The van der Waals surface area contributed by atoms with Crippen LogP contribution in [0.25, 0.3) is 0 Å². The fraction of sp³-hybridized carbons (Fsp3) is 0.618. The van der Waals surface area contributed by atoms with Crippen molar-refractivity contribution in [1.82, 2.24) is 0 Å². The molecule has 2 aromatic rings. The molecule has 2 aliphatic carbocycles. The Balaban J connectivity index is 1.24. The third-order valence-electron chi connectivity index (χ3n) is 8.79. The zero-order valence-corrected chi connectivity index (χ0v) is 24.6. The maximum absolute atomic E-state index is 12.2. The largest absolute Gasteiger partial charge is 0.488 e. The lowest BCUT2D eigenvalue weighted by Gasteiger charge is -2.32. The molecule has 2 aromatic carbocycles. The van der Waals surface area contributed by atoms with Gasteiger partial charge in [0.1, 0.15) is 19.0 Å². The Labute approximate surface area is 244 Å². The smallest absolute Gasteiger partial charge is 0.308 e. The molecule has 0 heterocycles. The molecule has 1 saturated carbocycles. The molecule has 4 unspecified atom stereocenters. The molecule has 0 spiro atoms. The third kappa shape index (κ3) is 9.27. The number of carbonyl (C=O) groups excluding carboxylic acids is 1. The minimum atomic E-state index is -1.18. The van der Waals surface area contributed by atoms with Crippen LogP contribution in [-0.4, -0.2) is 52.5 Å². The lowest BCUT2D eigenvalue weighted by Crippen LogP contribution is -2.29. The highest BCUT2D eigenvalue weighted by molar-refractivity contribution is 5.69. The van der Waals surface area contributed by atoms with E-state index in [1.807, 2.05) is 42.5 Å². The number of rotatable bonds is 16. The van der Waals surface area contributed by atoms with E-state index in [-0.39, 0.29) is 43.7 Å². The molecular formula is C34H48O7. The standard InChI is InChI=1S/C34H48O7/c1-3-4-6-13-27(35)15-16-28-29-18-25-12-9-14-32(30(25)19-26(29)20-31(28)36)39-22-34(38)41-23(2)17-33(37)40-21-24-10-7-5-8-11-24/h5,7-12,14,23,26-29,31,34-36,38H,3-4,6,13,15-22H2,1-2H3/t23?,26-,27-,28?,29?,31+,34?/m0/s1. The minimum absolute atomic E-state index is 0.0347. The van der Waals surface area contributed by atoms with Gasteiger partial charge in [-0.3, -0.25) is 4.79 Å². The molecule has 7 atom stereocenters. The van der Waals surface area contributed by atoms with Crippen LogP contribution in [0.5, 0.6) is 5.75 Å². The Morgan fingerprint density at radius 2 is 1.83 bits per heavy atom. The predicted octanol–water partition coefficient (Wildman–Crippen LogP) is 5.36. The average Bonchev–Trinajstić information content (AvgIpc) is 3.26. The van der Waals surface area contributed by atoms with E-state index in [9.17, 15) is 20.1 Å². The topological polar surface area (TPSA) is 105 Å². The van der Waals surface area contributed by atoms with Gasteiger partial charge in [0.2, 0.25) is 0 Å². The van der Waals surface area contributed by atoms with Crippen LogP contribution in [-0.2, 0) is 33.7 Å². The first-order valence-corrected chi connectivity index (χ1v) is 15.5. The summed E-state index contributed by atoms with van der Waals surface area (Å²) < 4.78 is 16.9. The summed E-state index contributed by atoms with van der Waals surface area (Å²) >= 11 is 0. The van der Waals surface area contributed by atoms with Crippen LogP contribution in [0.2, 0.25) is 0 Å². The van der Waals surface area contributed by atoms with Gasteiger partial charge in [-0.05, 0) is 86.0 Å². The van der Waals surface area contributed by atoms with Gasteiger partial charge in [-0.15, -0.1) is 0 Å². The minimum Gasteiger partial charge on any atom is -0.488 e. The fourth-order valence-corrected chi connectivity index (χ4v) is 6.65. The quantitative estimate of drug-likeness (QED) is 0.142. The number of fused-ring (bicyclic) bond motifs is 2. The van der Waals surface area contributed by atoms with E-state index in [0.717, 1.165) is 74.7 Å². The Kier molecular flexibility index (Phi) is 12.0. The summed E-state index contributed by atoms with van der Waals surface area (Å²) in [5.41, 5.74) is 3.29. The second-order valence-electron chi connectivity index (χ2n) is 12.0. The first-order valence-electron chi connectivity index (χ1n) is 15.5. The predicted molar refractivity (Wildman–Crippen MR) is 157 cm³/mol. The highest BCUT2D eigenvalue weighted by atomic mass is 16.6. The Morgan fingerprint density at radius 3 is 2.61 bits per heavy atom. The third-order valence-corrected chi connectivity index (χ3v) is 8.79. The van der Waals surface area contributed by atoms with Gasteiger partial charge in [-0.25, -0.2) is 0 Å². The SMILES string of the molecule is CCCCC[C@H](O)CCC1C2Cc3cccc(OCC(O)OC(C)CC(=O)OCc4ccccc4)c3C[C@H]2C[C@H]1O. The van der Waals surface area contributed by atoms with Gasteiger partial charge < -0.3 is 29.5 Å². The maximum Gasteiger partial charge on any atom is 0.308 e. The molecule has 0 amide bonds. The zero-order chi connectivity index (χ0) is 29.2. The number of hydrogen-bond donors (Lipinski definition) is 3. The monoisotopic (exact) mass is 568 g/mol. The summed E-state index contributed by atoms with van der Waals surface area (Å²) in [4.78, 5) is 12.2. The molecule has 0 aliphatic heterocycles. The van der Waals surface area contributed by atoms with Crippen molar-refractivity contribution >= 4 is 5.97 Å². The second kappa shape index (κ2) is 15.7. The summed E-state index contributed by atoms with van der Waals surface area (Å²) in [5, 5.41) is 31.8. The van der Waals surface area contributed by atoms with Gasteiger partial charge >= 0.3 is 5.97 Å². The normalized spacial score (nSPS) is 23.7. The van der Waals surface area contributed by atoms with Crippen LogP contribution in [0.3, 0.4) is 0 Å². The highest BCUT2D eigenvalue weighted by Gasteiger charge is 2.44. The summed E-state index contributed by atoms with van der Waals surface area (Å²) in [7, 11) is 0. The Morgan fingerprint density at radius 1 is 1.02 bits per heavy atom. The molecule has 0 saturated heterocycles. The number of carbonyl (C=O) groups is 1. The van der Waals surface area contributed by atoms with Crippen molar-refractivity contribution in [2.75, 3.05) is 6.61 Å². The van der Waals surface area contributed by atoms with E-state index in [1.165, 1.54) is 5.56 Å². The van der Waals surface area contributed by atoms with E-state index in [0.29, 0.717) is 11.8 Å². The molecule has 7 nitrogen and oxygen atoms in total. The van der Waals surface area contributed by atoms with Crippen molar-refractivity contribution in [3.63, 3.8) is 0 Å². The van der Waals surface area contributed by atoms with Gasteiger partial charge in [0.05, 0.1) is 24.7 Å². The van der Waals surface area contributed by atoms with E-state index < -0.39 is 12.4 Å².